The number of hydrogen-bond acceptors (Lipinski definition) is 3. The zero-order chi connectivity index (χ0) is 16.0. The molecule has 0 aliphatic heterocycles. The number of carbonyl (C=O) groups excluding carboxylic acids is 1. The van der Waals surface area contributed by atoms with Crippen LogP contribution in [0, 0.1) is 0 Å². The number of nitrogens with zero attached hydrogens (tertiary/aromatic N) is 2. The number of nitrogens with one attached hydrogen (secondary N) is 1. The summed E-state index contributed by atoms with van der Waals surface area (Å²) in [7, 11) is -0.545. The maximum absolute atomic E-state index is 12.2. The van der Waals surface area contributed by atoms with Crippen LogP contribution in [-0.4, -0.2) is 50.8 Å². The van der Waals surface area contributed by atoms with Gasteiger partial charge in [-0.25, -0.2) is 17.5 Å². The van der Waals surface area contributed by atoms with Crippen LogP contribution in [0.1, 0.15) is 19.4 Å². The summed E-state index contributed by atoms with van der Waals surface area (Å²) in [5.41, 5.74) is 0.576. The van der Waals surface area contributed by atoms with E-state index >= 15 is 0 Å². The minimum atomic E-state index is -3.52. The smallest absolute Gasteiger partial charge is 0.317 e. The summed E-state index contributed by atoms with van der Waals surface area (Å²) in [5, 5.41) is 2.76. The van der Waals surface area contributed by atoms with E-state index in [0.717, 1.165) is 4.31 Å². The molecule has 0 fully saturated rings. The minimum absolute atomic E-state index is 0.179. The summed E-state index contributed by atoms with van der Waals surface area (Å²) in [4.78, 5) is 13.8. The van der Waals surface area contributed by atoms with Crippen molar-refractivity contribution in [3.63, 3.8) is 0 Å². The van der Waals surface area contributed by atoms with Crippen LogP contribution < -0.4 is 5.32 Å². The molecular weight excluding hydrogens is 290 g/mol. The molecular formula is C14H23N3O3S. The second kappa shape index (κ2) is 7.42. The number of rotatable bonds is 6. The maximum atomic E-state index is 12.2. The largest absolute Gasteiger partial charge is 0.334 e. The van der Waals surface area contributed by atoms with Crippen molar-refractivity contribution in [2.45, 2.75) is 25.3 Å². The van der Waals surface area contributed by atoms with Crippen molar-refractivity contribution in [3.05, 3.63) is 29.8 Å². The molecule has 1 N–H and O–H groups in total. The van der Waals surface area contributed by atoms with Gasteiger partial charge in [0, 0.05) is 33.7 Å². The Bertz CT molecular complexity index is 581. The third-order valence-corrected chi connectivity index (χ3v) is 5.13. The number of sulfonamides is 1. The lowest BCUT2D eigenvalue weighted by atomic mass is 10.2. The predicted molar refractivity (Wildman–Crippen MR) is 82.5 cm³/mol. The Morgan fingerprint density at radius 2 is 1.71 bits per heavy atom. The zero-order valence-electron chi connectivity index (χ0n) is 13.0. The lowest BCUT2D eigenvalue weighted by Gasteiger charge is -2.20. The van der Waals surface area contributed by atoms with Crippen LogP contribution in [0.15, 0.2) is 29.2 Å². The molecule has 1 rings (SSSR count). The molecule has 0 heterocycles. The van der Waals surface area contributed by atoms with Crippen LogP contribution in [-0.2, 0) is 16.6 Å². The summed E-state index contributed by atoms with van der Waals surface area (Å²) in [6, 6.07) is 6.49. The fraction of sp³-hybridized carbons (Fsp3) is 0.500. The normalized spacial score (nSPS) is 11.5. The van der Waals surface area contributed by atoms with Crippen molar-refractivity contribution in [2.24, 2.45) is 0 Å². The van der Waals surface area contributed by atoms with Crippen LogP contribution in [0.4, 0.5) is 4.79 Å². The average molecular weight is 313 g/mol. The summed E-state index contributed by atoms with van der Waals surface area (Å²) >= 11 is 0. The fourth-order valence-electron chi connectivity index (χ4n) is 1.89. The van der Waals surface area contributed by atoms with Gasteiger partial charge in [0.1, 0.15) is 0 Å². The molecule has 21 heavy (non-hydrogen) atoms. The molecule has 0 saturated heterocycles. The van der Waals surface area contributed by atoms with E-state index in [1.165, 1.54) is 14.1 Å². The van der Waals surface area contributed by atoms with Crippen LogP contribution in [0.3, 0.4) is 0 Å². The summed E-state index contributed by atoms with van der Waals surface area (Å²) < 4.78 is 25.7. The molecule has 0 bridgehead atoms. The molecule has 0 aliphatic rings. The van der Waals surface area contributed by atoms with Crippen molar-refractivity contribution in [1.82, 2.24) is 14.5 Å². The van der Waals surface area contributed by atoms with Gasteiger partial charge in [-0.3, -0.25) is 0 Å². The molecule has 0 aliphatic carbocycles. The summed E-state index contributed by atoms with van der Waals surface area (Å²) in [6.45, 7) is 5.19. The second-order valence-electron chi connectivity index (χ2n) is 4.73. The van der Waals surface area contributed by atoms with Gasteiger partial charge in [0.2, 0.25) is 10.0 Å². The lowest BCUT2D eigenvalue weighted by Crippen LogP contribution is -2.39. The first-order valence-electron chi connectivity index (χ1n) is 6.87. The first kappa shape index (κ1) is 17.5. The number of urea groups is 1. The first-order valence-corrected chi connectivity index (χ1v) is 8.31. The van der Waals surface area contributed by atoms with Crippen molar-refractivity contribution in [1.29, 1.82) is 0 Å². The molecule has 2 amide bonds. The quantitative estimate of drug-likeness (QED) is 0.865. The van der Waals surface area contributed by atoms with E-state index in [1.807, 2.05) is 13.8 Å². The van der Waals surface area contributed by atoms with Crippen molar-refractivity contribution >= 4 is 16.1 Å². The fourth-order valence-corrected chi connectivity index (χ4v) is 3.01. The van der Waals surface area contributed by atoms with Crippen molar-refractivity contribution in [2.75, 3.05) is 27.2 Å². The second-order valence-corrected chi connectivity index (χ2v) is 6.85. The monoisotopic (exact) mass is 313 g/mol. The Morgan fingerprint density at radius 3 is 2.24 bits per heavy atom. The predicted octanol–water partition coefficient (Wildman–Crippen LogP) is 1.49. The summed E-state index contributed by atoms with van der Waals surface area (Å²) in [5.74, 6) is 0. The van der Waals surface area contributed by atoms with E-state index in [9.17, 15) is 13.2 Å². The van der Waals surface area contributed by atoms with Gasteiger partial charge in [-0.15, -0.1) is 0 Å². The van der Waals surface area contributed by atoms with Gasteiger partial charge in [-0.05, 0) is 25.5 Å². The number of benzene rings is 1. The number of amides is 2. The van der Waals surface area contributed by atoms with E-state index in [4.69, 9.17) is 0 Å². The Kier molecular flexibility index (Phi) is 6.17. The van der Waals surface area contributed by atoms with E-state index < -0.39 is 10.0 Å². The number of carbonyl (C=O) groups is 1. The van der Waals surface area contributed by atoms with E-state index in [1.54, 1.807) is 29.2 Å². The molecule has 118 valence electrons. The summed E-state index contributed by atoms with van der Waals surface area (Å²) in [6.07, 6.45) is 0. The molecule has 0 aromatic heterocycles. The zero-order valence-corrected chi connectivity index (χ0v) is 13.8. The number of hydrogen-bond donors (Lipinski definition) is 1. The first-order chi connectivity index (χ1) is 9.84. The minimum Gasteiger partial charge on any atom is -0.334 e. The Balaban J connectivity index is 2.94. The van der Waals surface area contributed by atoms with Gasteiger partial charge < -0.3 is 10.2 Å². The highest BCUT2D eigenvalue weighted by molar-refractivity contribution is 7.89. The highest BCUT2D eigenvalue weighted by Crippen LogP contribution is 2.18. The third-order valence-electron chi connectivity index (χ3n) is 3.21. The Labute approximate surface area is 126 Å². The Morgan fingerprint density at radius 1 is 1.14 bits per heavy atom. The Hall–Kier alpha value is -1.60. The molecule has 0 saturated carbocycles. The average Bonchev–Trinajstić information content (AvgIpc) is 2.46. The third kappa shape index (κ3) is 4.18. The van der Waals surface area contributed by atoms with Gasteiger partial charge in [0.25, 0.3) is 0 Å². The van der Waals surface area contributed by atoms with E-state index in [2.05, 4.69) is 5.32 Å². The molecule has 1 aromatic rings. The van der Waals surface area contributed by atoms with Crippen molar-refractivity contribution in [3.8, 4) is 0 Å². The molecule has 0 spiro atoms. The van der Waals surface area contributed by atoms with Crippen LogP contribution in [0.5, 0.6) is 0 Å². The molecule has 0 atom stereocenters. The maximum Gasteiger partial charge on any atom is 0.317 e. The van der Waals surface area contributed by atoms with Gasteiger partial charge in [0.05, 0.1) is 4.90 Å². The highest BCUT2D eigenvalue weighted by atomic mass is 32.2. The molecule has 6 nitrogen and oxygen atoms in total. The molecule has 0 radical (unpaired) electrons. The topological polar surface area (TPSA) is 69.7 Å². The lowest BCUT2D eigenvalue weighted by molar-refractivity contribution is 0.202. The SMILES string of the molecule is CCN(CC)C(=O)NCc1ccccc1S(=O)(=O)N(C)C. The van der Waals surface area contributed by atoms with Gasteiger partial charge in [-0.1, -0.05) is 18.2 Å². The van der Waals surface area contributed by atoms with E-state index in [-0.39, 0.29) is 17.5 Å². The standard InChI is InChI=1S/C14H23N3O3S/c1-5-17(6-2)14(18)15-11-12-9-7-8-10-13(12)21(19,20)16(3)4/h7-10H,5-6,11H2,1-4H3,(H,15,18). The van der Waals surface area contributed by atoms with Crippen LogP contribution in [0.2, 0.25) is 0 Å². The molecule has 0 unspecified atom stereocenters. The van der Waals surface area contributed by atoms with Gasteiger partial charge in [-0.2, -0.15) is 0 Å². The van der Waals surface area contributed by atoms with Crippen molar-refractivity contribution < 1.29 is 13.2 Å². The molecule has 1 aromatic carbocycles. The van der Waals surface area contributed by atoms with Crippen LogP contribution in [0.25, 0.3) is 0 Å². The van der Waals surface area contributed by atoms with E-state index in [0.29, 0.717) is 18.7 Å². The molecule has 7 heteroatoms. The van der Waals surface area contributed by atoms with Crippen LogP contribution >= 0.6 is 0 Å². The van der Waals surface area contributed by atoms with Gasteiger partial charge >= 0.3 is 6.03 Å². The highest BCUT2D eigenvalue weighted by Gasteiger charge is 2.21. The van der Waals surface area contributed by atoms with Gasteiger partial charge in [0.15, 0.2) is 0 Å².